The van der Waals surface area contributed by atoms with Crippen LogP contribution in [0.5, 0.6) is 23.0 Å². The molecule has 4 heteroatoms. The van der Waals surface area contributed by atoms with Crippen LogP contribution in [0.25, 0.3) is 70.9 Å². The van der Waals surface area contributed by atoms with Crippen LogP contribution in [0.4, 0.5) is 0 Å². The van der Waals surface area contributed by atoms with Gasteiger partial charge in [0.25, 0.3) is 0 Å². The Kier molecular flexibility index (Phi) is 15.6. The second kappa shape index (κ2) is 22.7. The standard InChI is InChI=1S/2C30H26O2/c2*1-31-29-9-5-3-7-27(29)21-15-23-11-17-25(18-12-23)26-19-13-24(14-20-26)16-22-28-8-4-6-10-30(28)32-2/h2*3-22H,1-2H3/b21-15+,22-16+;21-15-,22-16?. The minimum Gasteiger partial charge on any atom is -0.496 e. The molecule has 0 radical (unpaired) electrons. The van der Waals surface area contributed by atoms with E-state index in [0.717, 1.165) is 67.5 Å². The van der Waals surface area contributed by atoms with Crippen molar-refractivity contribution in [3.05, 3.63) is 239 Å². The Balaban J connectivity index is 0.000000191. The summed E-state index contributed by atoms with van der Waals surface area (Å²) in [5, 5.41) is 0. The van der Waals surface area contributed by atoms with Crippen molar-refractivity contribution in [3.63, 3.8) is 0 Å². The average Bonchev–Trinajstić information content (AvgIpc) is 3.37. The molecule has 0 unspecified atom stereocenters. The normalized spacial score (nSPS) is 11.2. The highest BCUT2D eigenvalue weighted by Crippen LogP contribution is 2.27. The van der Waals surface area contributed by atoms with Gasteiger partial charge in [0.05, 0.1) is 28.4 Å². The van der Waals surface area contributed by atoms with E-state index in [4.69, 9.17) is 18.9 Å². The summed E-state index contributed by atoms with van der Waals surface area (Å²) >= 11 is 0. The van der Waals surface area contributed by atoms with Crippen LogP contribution in [0.15, 0.2) is 194 Å². The molecule has 8 aromatic rings. The van der Waals surface area contributed by atoms with Gasteiger partial charge < -0.3 is 18.9 Å². The van der Waals surface area contributed by atoms with E-state index in [1.807, 2.05) is 97.1 Å². The third-order valence-electron chi connectivity index (χ3n) is 10.7. The first kappa shape index (κ1) is 44.0. The van der Waals surface area contributed by atoms with Crippen molar-refractivity contribution >= 4 is 48.6 Å². The Morgan fingerprint density at radius 3 is 0.594 bits per heavy atom. The predicted octanol–water partition coefficient (Wildman–Crippen LogP) is 15.4. The maximum Gasteiger partial charge on any atom is 0.126 e. The van der Waals surface area contributed by atoms with Crippen LogP contribution < -0.4 is 18.9 Å². The first-order valence-corrected chi connectivity index (χ1v) is 21.2. The molecule has 0 heterocycles. The van der Waals surface area contributed by atoms with Gasteiger partial charge in [-0.2, -0.15) is 0 Å². The molecular weight excluding hydrogens is 785 g/mol. The smallest absolute Gasteiger partial charge is 0.126 e. The van der Waals surface area contributed by atoms with Crippen molar-refractivity contribution in [2.45, 2.75) is 0 Å². The SMILES string of the molecule is COc1ccccc1/C=C/c1ccc(-c2ccc(/C=C/c3ccccc3OC)cc2)cc1.COc1ccccc1C=Cc1ccc(-c2ccc(/C=C\c3ccccc3OC)cc2)cc1. The van der Waals surface area contributed by atoms with Gasteiger partial charge in [-0.05, 0) is 68.8 Å². The van der Waals surface area contributed by atoms with Gasteiger partial charge in [0.2, 0.25) is 0 Å². The second-order valence-electron chi connectivity index (χ2n) is 14.8. The van der Waals surface area contributed by atoms with Gasteiger partial charge >= 0.3 is 0 Å². The fourth-order valence-electron chi connectivity index (χ4n) is 7.11. The van der Waals surface area contributed by atoms with Gasteiger partial charge in [0.15, 0.2) is 0 Å². The van der Waals surface area contributed by atoms with Crippen LogP contribution in [0, 0.1) is 0 Å². The van der Waals surface area contributed by atoms with E-state index in [2.05, 4.69) is 146 Å². The van der Waals surface area contributed by atoms with Crippen molar-refractivity contribution in [2.75, 3.05) is 28.4 Å². The Labute approximate surface area is 378 Å². The Bertz CT molecular complexity index is 2430. The summed E-state index contributed by atoms with van der Waals surface area (Å²) < 4.78 is 21.6. The number of hydrogen-bond acceptors (Lipinski definition) is 4. The molecular formula is C60H52O4. The van der Waals surface area contributed by atoms with Crippen molar-refractivity contribution in [2.24, 2.45) is 0 Å². The van der Waals surface area contributed by atoms with Gasteiger partial charge in [0.1, 0.15) is 23.0 Å². The molecule has 0 saturated heterocycles. The van der Waals surface area contributed by atoms with Crippen LogP contribution in [-0.2, 0) is 0 Å². The zero-order chi connectivity index (χ0) is 44.4. The quantitative estimate of drug-likeness (QED) is 0.102. The summed E-state index contributed by atoms with van der Waals surface area (Å²) in [6, 6.07) is 66.4. The highest BCUT2D eigenvalue weighted by Gasteiger charge is 2.03. The van der Waals surface area contributed by atoms with Crippen molar-refractivity contribution < 1.29 is 18.9 Å². The molecule has 0 amide bonds. The van der Waals surface area contributed by atoms with E-state index in [1.54, 1.807) is 28.4 Å². The average molecular weight is 837 g/mol. The van der Waals surface area contributed by atoms with Crippen molar-refractivity contribution in [3.8, 4) is 45.3 Å². The highest BCUT2D eigenvalue weighted by atomic mass is 16.5. The fourth-order valence-corrected chi connectivity index (χ4v) is 7.11. The van der Waals surface area contributed by atoms with Crippen LogP contribution in [0.3, 0.4) is 0 Å². The summed E-state index contributed by atoms with van der Waals surface area (Å²) in [6.07, 6.45) is 16.7. The monoisotopic (exact) mass is 836 g/mol. The van der Waals surface area contributed by atoms with E-state index in [0.29, 0.717) is 0 Å². The second-order valence-corrected chi connectivity index (χ2v) is 14.8. The van der Waals surface area contributed by atoms with Crippen LogP contribution in [0.1, 0.15) is 44.5 Å². The molecule has 0 N–H and O–H groups in total. The van der Waals surface area contributed by atoms with Crippen molar-refractivity contribution in [1.29, 1.82) is 0 Å². The molecule has 8 aromatic carbocycles. The summed E-state index contributed by atoms with van der Waals surface area (Å²) in [5.41, 5.74) is 13.6. The first-order valence-electron chi connectivity index (χ1n) is 21.2. The zero-order valence-electron chi connectivity index (χ0n) is 36.7. The summed E-state index contributed by atoms with van der Waals surface area (Å²) in [5.74, 6) is 3.50. The number of hydrogen-bond donors (Lipinski definition) is 0. The molecule has 0 atom stereocenters. The van der Waals surface area contributed by atoms with Crippen LogP contribution >= 0.6 is 0 Å². The molecule has 0 bridgehead atoms. The van der Waals surface area contributed by atoms with E-state index in [-0.39, 0.29) is 0 Å². The third kappa shape index (κ3) is 12.1. The lowest BCUT2D eigenvalue weighted by molar-refractivity contribution is 0.414. The molecule has 64 heavy (non-hydrogen) atoms. The molecule has 0 saturated carbocycles. The molecule has 0 aliphatic carbocycles. The summed E-state index contributed by atoms with van der Waals surface area (Å²) in [7, 11) is 6.78. The van der Waals surface area contributed by atoms with Crippen LogP contribution in [-0.4, -0.2) is 28.4 Å². The molecule has 0 aliphatic heterocycles. The Hall–Kier alpha value is -8.08. The first-order chi connectivity index (χ1) is 31.5. The third-order valence-corrected chi connectivity index (χ3v) is 10.7. The van der Waals surface area contributed by atoms with Crippen molar-refractivity contribution in [1.82, 2.24) is 0 Å². The number of methoxy groups -OCH3 is 4. The summed E-state index contributed by atoms with van der Waals surface area (Å²) in [6.45, 7) is 0. The van der Waals surface area contributed by atoms with E-state index in [1.165, 1.54) is 22.3 Å². The molecule has 4 nitrogen and oxygen atoms in total. The number of benzene rings is 8. The molecule has 0 fully saturated rings. The lowest BCUT2D eigenvalue weighted by Gasteiger charge is -2.05. The minimum absolute atomic E-state index is 0.875. The Morgan fingerprint density at radius 2 is 0.406 bits per heavy atom. The van der Waals surface area contributed by atoms with Gasteiger partial charge in [-0.1, -0.05) is 218 Å². The molecule has 0 aliphatic rings. The minimum atomic E-state index is 0.875. The maximum absolute atomic E-state index is 5.41. The van der Waals surface area contributed by atoms with Gasteiger partial charge in [-0.15, -0.1) is 0 Å². The maximum atomic E-state index is 5.41. The van der Waals surface area contributed by atoms with Crippen LogP contribution in [0.2, 0.25) is 0 Å². The van der Waals surface area contributed by atoms with E-state index < -0.39 is 0 Å². The Morgan fingerprint density at radius 1 is 0.219 bits per heavy atom. The molecule has 0 spiro atoms. The molecule has 316 valence electrons. The topological polar surface area (TPSA) is 36.9 Å². The zero-order valence-corrected chi connectivity index (χ0v) is 36.7. The van der Waals surface area contributed by atoms with Gasteiger partial charge in [0, 0.05) is 22.3 Å². The summed E-state index contributed by atoms with van der Waals surface area (Å²) in [4.78, 5) is 0. The number of rotatable bonds is 14. The number of para-hydroxylation sites is 4. The molecule has 0 aromatic heterocycles. The van der Waals surface area contributed by atoms with E-state index in [9.17, 15) is 0 Å². The fraction of sp³-hybridized carbons (Fsp3) is 0.0667. The largest absolute Gasteiger partial charge is 0.496 e. The van der Waals surface area contributed by atoms with E-state index >= 15 is 0 Å². The lowest BCUT2D eigenvalue weighted by Crippen LogP contribution is -1.85. The highest BCUT2D eigenvalue weighted by molar-refractivity contribution is 5.78. The lowest BCUT2D eigenvalue weighted by atomic mass is 10.0. The molecule has 8 rings (SSSR count). The predicted molar refractivity (Wildman–Crippen MR) is 271 cm³/mol. The van der Waals surface area contributed by atoms with Gasteiger partial charge in [-0.25, -0.2) is 0 Å². The van der Waals surface area contributed by atoms with Gasteiger partial charge in [-0.3, -0.25) is 0 Å². The number of ether oxygens (including phenoxy) is 4.